The normalized spacial score (nSPS) is 29.5. The fourth-order valence-corrected chi connectivity index (χ4v) is 26.7. The van der Waals surface area contributed by atoms with Gasteiger partial charge in [-0.05, 0) is 112 Å². The second kappa shape index (κ2) is 44.5. The minimum atomic E-state index is -4.83. The number of rotatable bonds is 41. The number of nitrogen functional groups attached to an aromatic ring is 3. The second-order valence-electron chi connectivity index (χ2n) is 34.0. The van der Waals surface area contributed by atoms with E-state index in [0.717, 1.165) is 42.5 Å². The van der Waals surface area contributed by atoms with E-state index in [-0.39, 0.29) is 101 Å². The number of nitrogens with zero attached hydrogens (tertiary/aromatic N) is 13. The zero-order chi connectivity index (χ0) is 105. The Morgan fingerprint density at radius 2 is 0.655 bits per heavy atom. The molecule has 59 nitrogen and oxygen atoms in total. The Morgan fingerprint density at radius 1 is 0.366 bits per heavy atom. The average molecular weight is 2300 g/mol. The summed E-state index contributed by atoms with van der Waals surface area (Å²) < 4.78 is 150. The van der Waals surface area contributed by atoms with Crippen molar-refractivity contribution < 1.29 is 130 Å². The van der Waals surface area contributed by atoms with Crippen LogP contribution < -0.4 is 73.4 Å². The number of nitrogens with one attached hydrogen (secondary N) is 5. The quantitative estimate of drug-likeness (QED) is 0.0187. The smallest absolute Gasteiger partial charge is 0.383 e. The number of hydrogen-bond acceptors (Lipinski definition) is 47. The first-order valence-corrected chi connectivity index (χ1v) is 61.8. The van der Waals surface area contributed by atoms with Crippen LogP contribution in [-0.4, -0.2) is 248 Å². The van der Waals surface area contributed by atoms with E-state index in [9.17, 15) is 81.9 Å². The van der Waals surface area contributed by atoms with Crippen molar-refractivity contribution in [2.75, 3.05) is 64.0 Å². The van der Waals surface area contributed by atoms with Crippen molar-refractivity contribution in [3.05, 3.63) is 182 Å². The Bertz CT molecular complexity index is 7460. The van der Waals surface area contributed by atoms with Crippen LogP contribution in [0.5, 0.6) is 0 Å². The molecule has 0 aliphatic carbocycles. The van der Waals surface area contributed by atoms with Gasteiger partial charge < -0.3 is 134 Å². The molecule has 7 aliphatic rings. The Labute approximate surface area is 849 Å². The van der Waals surface area contributed by atoms with Gasteiger partial charge in [0.05, 0.1) is 95.0 Å². The Morgan fingerprint density at radius 3 is 1.00 bits per heavy atom. The first-order chi connectivity index (χ1) is 68.2. The van der Waals surface area contributed by atoms with Gasteiger partial charge in [-0.25, -0.2) is 48.5 Å². The van der Waals surface area contributed by atoms with Crippen LogP contribution in [-0.2, 0) is 172 Å². The molecular weight excluding hydrogens is 2210 g/mol. The lowest BCUT2D eigenvalue weighted by Crippen LogP contribution is -2.33. The van der Waals surface area contributed by atoms with Crippen LogP contribution in [0.4, 0.5) is 17.6 Å². The second-order valence-corrected chi connectivity index (χ2v) is 53.7. The third kappa shape index (κ3) is 26.3. The molecule has 17 N–H and O–H groups in total. The van der Waals surface area contributed by atoms with E-state index in [1.54, 1.807) is 6.92 Å². The molecule has 7 saturated heterocycles. The molecule has 14 unspecified atom stereocenters. The number of fused-ring (bicyclic) bond motifs is 2. The molecule has 7 fully saturated rings. The van der Waals surface area contributed by atoms with Crippen molar-refractivity contribution in [1.82, 2.24) is 86.8 Å². The predicted octanol–water partition coefficient (Wildman–Crippen LogP) is 0.910. The largest absolute Gasteiger partial charge is 0.386 e. The van der Waals surface area contributed by atoms with Crippen LogP contribution in [0.2, 0.25) is 0 Å². The van der Waals surface area contributed by atoms with Gasteiger partial charge in [0.15, 0.2) is 22.6 Å². The Hall–Kier alpha value is -6.70. The van der Waals surface area contributed by atoms with Gasteiger partial charge in [-0.2, -0.15) is 9.97 Å². The molecule has 0 saturated carbocycles. The Balaban J connectivity index is 0.610. The first kappa shape index (κ1) is 111. The van der Waals surface area contributed by atoms with Crippen LogP contribution in [0, 0.1) is 34.6 Å². The van der Waals surface area contributed by atoms with E-state index in [1.165, 1.54) is 81.2 Å². The van der Waals surface area contributed by atoms with Crippen molar-refractivity contribution in [1.29, 1.82) is 0 Å². The van der Waals surface area contributed by atoms with Crippen LogP contribution in [0.3, 0.4) is 0 Å². The number of H-pyrrole nitrogens is 5. The first-order valence-electron chi connectivity index (χ1n) is 43.5. The monoisotopic (exact) mass is 2300 g/mol. The van der Waals surface area contributed by atoms with Crippen molar-refractivity contribution in [2.45, 2.75) is 222 Å². The summed E-state index contributed by atoms with van der Waals surface area (Å²) in [5.41, 5.74) is 11.0. The molecule has 73 heteroatoms. The molecule has 9 aromatic heterocycles. The van der Waals surface area contributed by atoms with Gasteiger partial charge >= 0.3 is 75.6 Å². The maximum Gasteiger partial charge on any atom is 0.386 e. The number of aromatic amines is 5. The van der Waals surface area contributed by atoms with Crippen molar-refractivity contribution in [3.63, 3.8) is 0 Å². The number of aromatic nitrogens is 18. The summed E-state index contributed by atoms with van der Waals surface area (Å²) >= 11 is 37.6. The lowest BCUT2D eigenvalue weighted by atomic mass is 10.1. The predicted molar refractivity (Wildman–Crippen MR) is 527 cm³/mol. The number of anilines is 3. The molecule has 145 heavy (non-hydrogen) atoms. The fourth-order valence-electron chi connectivity index (χ4n) is 16.8. The van der Waals surface area contributed by atoms with E-state index in [0.29, 0.717) is 12.0 Å². The minimum Gasteiger partial charge on any atom is -0.383 e. The summed E-state index contributed by atoms with van der Waals surface area (Å²) in [5, 5.41) is 0. The van der Waals surface area contributed by atoms with E-state index >= 15 is 0 Å². The van der Waals surface area contributed by atoms with Gasteiger partial charge in [0.2, 0.25) is 5.95 Å². The van der Waals surface area contributed by atoms with E-state index in [1.807, 2.05) is 0 Å². The summed E-state index contributed by atoms with van der Waals surface area (Å²) in [5.74, 6) is -0.469. The number of hydrogen-bond donors (Lipinski definition) is 15. The van der Waals surface area contributed by atoms with Crippen LogP contribution >= 0.6 is 59.4 Å². The summed E-state index contributed by atoms with van der Waals surface area (Å²) in [6.45, 7) is -27.5. The van der Waals surface area contributed by atoms with Crippen molar-refractivity contribution in [2.24, 2.45) is 0 Å². The van der Waals surface area contributed by atoms with Gasteiger partial charge in [-0.1, -0.05) is 19.2 Å². The summed E-state index contributed by atoms with van der Waals surface area (Å²) in [7, 11) is 1.10. The van der Waals surface area contributed by atoms with Crippen LogP contribution in [0.1, 0.15) is 130 Å². The molecule has 0 amide bonds. The number of ether oxygens (including phenoxy) is 7. The van der Waals surface area contributed by atoms with Gasteiger partial charge in [0.1, 0.15) is 104 Å². The van der Waals surface area contributed by atoms with E-state index in [2.05, 4.69) is 67.1 Å². The third-order valence-corrected chi connectivity index (χ3v) is 35.2. The third-order valence-electron chi connectivity index (χ3n) is 24.0. The van der Waals surface area contributed by atoms with Crippen molar-refractivity contribution >= 4 is 170 Å². The van der Waals surface area contributed by atoms with Gasteiger partial charge in [0.25, 0.3) is 27.8 Å². The number of aryl methyl sites for hydroxylation is 5. The highest BCUT2D eigenvalue weighted by Gasteiger charge is 2.52. The fraction of sp³-hybridized carbons (Fsp3) is 0.583. The standard InChI is InChI=1S/C72H96N21O38P7S7/c1-8-35-36(9-49(118-35)88-17-31(3)62(94)83-69(88)100)126-133(105,140)112-22-45-39(12-52(121-45)90-19-33(5)64(96)85-71(90)102)128-135(107,142)115-24-46-40(13-53(122-46)91-20-34(6)65(97)86-72(91)103)129-134(106,141)114-23-44-38(11-50(120-44)87-16-30(2)58(73)80-68(87)99)127-136(108,143)116-25-47-41(14-54(123-47)92-28-78-56-59(74)76-27-77-60(56)92)130-138(110,145)117-26-48-42(15-55(124-48)93-29-79-57-61(93)81-67(75)82-66(57)98)131-137(109,144)113-21-43-37(125-132(104,139)111-7)10-51(119-43)89-18-32(4)63(95)84-70(89)101/h16-20,27-29,35-55H,8-15,21-26H2,1-7H3,(H,104,139)(H,105,140)(H,106,141)(H,107,142)(H,108,143)(H,109,144)(H,110,145)(H2,73,80,99)(H2,74,76,77)(H,83,94,100)(H,84,95,101)(H,85,96,102)(H,86,97,103)(H3,75,81,82,98)/t35-,36?,37?,38?,39?,40?,41?,42?,43-,44-,45-,46-,47-,48-,49-,50-,51-,52-,53-,54-,55-,132?,133?,134?,135?,136?,137?,138?/m1/s1. The molecule has 7 aliphatic heterocycles. The minimum absolute atomic E-state index is 0.0237. The number of thiol groups is 1. The van der Waals surface area contributed by atoms with E-state index in [4.69, 9.17) is 185 Å². The van der Waals surface area contributed by atoms with Crippen molar-refractivity contribution in [3.8, 4) is 0 Å². The molecule has 16 heterocycles. The summed E-state index contributed by atoms with van der Waals surface area (Å²) in [6, 6.07) is 0. The number of nitrogens with two attached hydrogens (primary N) is 3. The summed E-state index contributed by atoms with van der Waals surface area (Å²) in [6.07, 6.45) is -19.3. The molecule has 0 radical (unpaired) electrons. The van der Waals surface area contributed by atoms with Gasteiger partial charge in [0, 0.05) is 111 Å². The highest BCUT2D eigenvalue weighted by atomic mass is 32.7. The number of imidazole rings is 2. The Kier molecular flexibility index (Phi) is 34.1. The average Bonchev–Trinajstić information content (AvgIpc) is 1.58. The highest BCUT2D eigenvalue weighted by Crippen LogP contribution is 2.60. The van der Waals surface area contributed by atoms with Gasteiger partial charge in [-0.3, -0.25) is 89.9 Å². The molecule has 0 bridgehead atoms. The maximum atomic E-state index is 14.8. The molecule has 28 atom stereocenters. The van der Waals surface area contributed by atoms with E-state index < -0.39 is 278 Å². The molecule has 794 valence electrons. The molecule has 0 spiro atoms. The molecular formula is C72H96N21O38P7S7. The zero-order valence-corrected chi connectivity index (χ0v) is 88.5. The van der Waals surface area contributed by atoms with Crippen LogP contribution in [0.15, 0.2) is 97.9 Å². The van der Waals surface area contributed by atoms with Gasteiger partial charge in [-0.15, -0.1) is 0 Å². The lowest BCUT2D eigenvalue weighted by molar-refractivity contribution is -0.0569. The lowest BCUT2D eigenvalue weighted by Gasteiger charge is -2.28. The zero-order valence-electron chi connectivity index (χ0n) is 76.5. The topological polar surface area (TPSA) is 772 Å². The van der Waals surface area contributed by atoms with Crippen LogP contribution in [0.25, 0.3) is 22.3 Å². The SMILES string of the molecule is CC[C@H]1O[C@@H](n2cc(C)c(=O)[nH]c2=O)CC1OP(O)(=S)OC[C@H]1O[C@@H](n2cc(C)c(=O)[nH]c2=O)CC1OP(=O)(S)OC[C@H]1O[C@@H](n2cc(C)c(=O)[nH]c2=O)CC1OP(O)(=S)OC[C@H]1O[C@@H](n2cc(C)c(N)nc2=O)CC1OP(O)(=S)OC[C@H]1O[C@@H](n2cnc3c(N)ncnc32)CC1OP(O)(=S)OC[C@H]1O[C@@H](n2cnc3c(=O)[nH]c(N)nc32)CC1OP(O)(=S)OC[C@H]1O[C@@H](n2cc(C)c(=O)[nH]c2=O)CC1OP(O)(=S)OC. The molecule has 9 aromatic rings. The summed E-state index contributed by atoms with van der Waals surface area (Å²) in [4.78, 5) is 237. The molecule has 16 rings (SSSR count). The maximum absolute atomic E-state index is 14.8. The molecule has 0 aromatic carbocycles. The highest BCUT2D eigenvalue weighted by molar-refractivity contribution is 8.44.